The van der Waals surface area contributed by atoms with Gasteiger partial charge in [-0.15, -0.1) is 0 Å². The van der Waals surface area contributed by atoms with E-state index in [2.05, 4.69) is 25.7 Å². The minimum absolute atomic E-state index is 0.0708. The molecule has 1 aliphatic heterocycles. The molecule has 1 unspecified atom stereocenters. The fourth-order valence-corrected chi connectivity index (χ4v) is 2.20. The maximum atomic E-state index is 5.36. The van der Waals surface area contributed by atoms with E-state index in [-0.39, 0.29) is 6.04 Å². The van der Waals surface area contributed by atoms with Crippen molar-refractivity contribution >= 4 is 17.3 Å². The molecule has 0 spiro atoms. The fourth-order valence-electron chi connectivity index (χ4n) is 1.95. The molecular formula is C12H19N5S. The van der Waals surface area contributed by atoms with Crippen molar-refractivity contribution in [2.24, 2.45) is 0 Å². The summed E-state index contributed by atoms with van der Waals surface area (Å²) in [5.41, 5.74) is 7.15. The predicted molar refractivity (Wildman–Crippen MR) is 74.7 cm³/mol. The van der Waals surface area contributed by atoms with E-state index in [1.807, 2.05) is 6.92 Å². The standard InChI is InChI=1S/C12H19N5S/c1-10(11-9-13-5-6-14-11)15-16-12(18)17-7-3-2-4-8-17/h5-6,9-10,15H,2-4,7-8H2,1H3,(H,16,18). The van der Waals surface area contributed by atoms with Gasteiger partial charge in [0.25, 0.3) is 0 Å². The smallest absolute Gasteiger partial charge is 0.183 e. The number of aromatic nitrogens is 2. The molecule has 0 aliphatic carbocycles. The van der Waals surface area contributed by atoms with E-state index >= 15 is 0 Å². The number of nitrogens with one attached hydrogen (secondary N) is 2. The van der Waals surface area contributed by atoms with Crippen molar-refractivity contribution < 1.29 is 0 Å². The molecule has 5 nitrogen and oxygen atoms in total. The predicted octanol–water partition coefficient (Wildman–Crippen LogP) is 1.40. The van der Waals surface area contributed by atoms with Gasteiger partial charge in [0.2, 0.25) is 0 Å². The number of piperidine rings is 1. The number of thiocarbonyl (C=S) groups is 1. The number of hydrogen-bond donors (Lipinski definition) is 2. The van der Waals surface area contributed by atoms with Crippen molar-refractivity contribution in [1.82, 2.24) is 25.7 Å². The van der Waals surface area contributed by atoms with Crippen LogP contribution in [-0.2, 0) is 0 Å². The molecule has 0 radical (unpaired) electrons. The summed E-state index contributed by atoms with van der Waals surface area (Å²) < 4.78 is 0. The molecule has 2 rings (SSSR count). The van der Waals surface area contributed by atoms with Crippen molar-refractivity contribution in [3.05, 3.63) is 24.3 Å². The van der Waals surface area contributed by atoms with E-state index in [1.165, 1.54) is 19.3 Å². The monoisotopic (exact) mass is 265 g/mol. The largest absolute Gasteiger partial charge is 0.348 e. The van der Waals surface area contributed by atoms with Crippen molar-refractivity contribution in [2.75, 3.05) is 13.1 Å². The summed E-state index contributed by atoms with van der Waals surface area (Å²) in [4.78, 5) is 10.5. The second kappa shape index (κ2) is 6.61. The Bertz CT molecular complexity index is 377. The van der Waals surface area contributed by atoms with E-state index in [9.17, 15) is 0 Å². The zero-order chi connectivity index (χ0) is 12.8. The van der Waals surface area contributed by atoms with Crippen LogP contribution in [-0.4, -0.2) is 33.1 Å². The molecule has 0 bridgehead atoms. The Morgan fingerprint density at radius 3 is 2.78 bits per heavy atom. The Hall–Kier alpha value is -1.27. The first-order valence-corrected chi connectivity index (χ1v) is 6.74. The molecule has 1 saturated heterocycles. The molecule has 1 aliphatic rings. The molecule has 0 amide bonds. The minimum Gasteiger partial charge on any atom is -0.348 e. The molecule has 1 aromatic heterocycles. The molecule has 1 aromatic rings. The third-order valence-corrected chi connectivity index (χ3v) is 3.43. The van der Waals surface area contributed by atoms with Crippen LogP contribution < -0.4 is 10.9 Å². The number of likely N-dealkylation sites (tertiary alicyclic amines) is 1. The van der Waals surface area contributed by atoms with Crippen LogP contribution in [0, 0.1) is 0 Å². The van der Waals surface area contributed by atoms with E-state index in [4.69, 9.17) is 12.2 Å². The third kappa shape index (κ3) is 3.61. The molecule has 6 heteroatoms. The molecule has 0 saturated carbocycles. The highest BCUT2D eigenvalue weighted by Crippen LogP contribution is 2.09. The molecule has 1 atom stereocenters. The van der Waals surface area contributed by atoms with Crippen molar-refractivity contribution in [1.29, 1.82) is 0 Å². The normalized spacial score (nSPS) is 17.3. The van der Waals surface area contributed by atoms with Crippen molar-refractivity contribution in [2.45, 2.75) is 32.2 Å². The highest BCUT2D eigenvalue weighted by atomic mass is 32.1. The quantitative estimate of drug-likeness (QED) is 0.636. The van der Waals surface area contributed by atoms with Gasteiger partial charge in [0.1, 0.15) is 0 Å². The van der Waals surface area contributed by atoms with Gasteiger partial charge in [-0.1, -0.05) is 0 Å². The summed E-state index contributed by atoms with van der Waals surface area (Å²) in [5, 5.41) is 0.769. The second-order valence-electron chi connectivity index (χ2n) is 4.47. The molecule has 1 fully saturated rings. The van der Waals surface area contributed by atoms with Crippen LogP contribution in [0.15, 0.2) is 18.6 Å². The van der Waals surface area contributed by atoms with Gasteiger partial charge < -0.3 is 4.90 Å². The lowest BCUT2D eigenvalue weighted by atomic mass is 10.1. The van der Waals surface area contributed by atoms with Gasteiger partial charge in [-0.2, -0.15) is 0 Å². The summed E-state index contributed by atoms with van der Waals surface area (Å²) in [6.07, 6.45) is 8.87. The zero-order valence-electron chi connectivity index (χ0n) is 10.6. The van der Waals surface area contributed by atoms with Crippen LogP contribution in [0.2, 0.25) is 0 Å². The van der Waals surface area contributed by atoms with Crippen molar-refractivity contribution in [3.63, 3.8) is 0 Å². The first kappa shape index (κ1) is 13.2. The van der Waals surface area contributed by atoms with Gasteiger partial charge in [-0.05, 0) is 38.4 Å². The summed E-state index contributed by atoms with van der Waals surface area (Å²) in [6.45, 7) is 4.12. The molecule has 2 N–H and O–H groups in total. The molecule has 98 valence electrons. The van der Waals surface area contributed by atoms with Crippen LogP contribution >= 0.6 is 12.2 Å². The van der Waals surface area contributed by atoms with Gasteiger partial charge >= 0.3 is 0 Å². The Labute approximate surface area is 113 Å². The van der Waals surface area contributed by atoms with Crippen LogP contribution in [0.25, 0.3) is 0 Å². The van der Waals surface area contributed by atoms with E-state index < -0.39 is 0 Å². The fraction of sp³-hybridized carbons (Fsp3) is 0.583. The molecule has 18 heavy (non-hydrogen) atoms. The van der Waals surface area contributed by atoms with Gasteiger partial charge in [0, 0.05) is 25.5 Å². The Morgan fingerprint density at radius 2 is 2.11 bits per heavy atom. The van der Waals surface area contributed by atoms with Crippen LogP contribution in [0.4, 0.5) is 0 Å². The maximum Gasteiger partial charge on any atom is 0.183 e. The SMILES string of the molecule is CC(NNC(=S)N1CCCCC1)c1cnccn1. The number of hydrogen-bond acceptors (Lipinski definition) is 4. The topological polar surface area (TPSA) is 53.1 Å². The highest BCUT2D eigenvalue weighted by Gasteiger charge is 2.14. The molecule has 2 heterocycles. The van der Waals surface area contributed by atoms with E-state index in [0.29, 0.717) is 0 Å². The van der Waals surface area contributed by atoms with Crippen LogP contribution in [0.5, 0.6) is 0 Å². The van der Waals surface area contributed by atoms with E-state index in [1.54, 1.807) is 18.6 Å². The second-order valence-corrected chi connectivity index (χ2v) is 4.86. The van der Waals surface area contributed by atoms with E-state index in [0.717, 1.165) is 23.9 Å². The Balaban J connectivity index is 1.78. The number of rotatable bonds is 3. The first-order chi connectivity index (χ1) is 8.77. The van der Waals surface area contributed by atoms with Gasteiger partial charge in [-0.25, -0.2) is 5.43 Å². The zero-order valence-corrected chi connectivity index (χ0v) is 11.4. The number of hydrazine groups is 1. The van der Waals surface area contributed by atoms with Crippen molar-refractivity contribution in [3.8, 4) is 0 Å². The van der Waals surface area contributed by atoms with Gasteiger partial charge in [-0.3, -0.25) is 15.4 Å². The van der Waals surface area contributed by atoms with Crippen LogP contribution in [0.3, 0.4) is 0 Å². The Kier molecular flexibility index (Phi) is 4.83. The maximum absolute atomic E-state index is 5.36. The Morgan fingerprint density at radius 1 is 1.33 bits per heavy atom. The minimum atomic E-state index is 0.0708. The lowest BCUT2D eigenvalue weighted by molar-refractivity contribution is 0.330. The number of nitrogens with zero attached hydrogens (tertiary/aromatic N) is 3. The van der Waals surface area contributed by atoms with Gasteiger partial charge in [0.05, 0.1) is 17.9 Å². The summed E-state index contributed by atoms with van der Waals surface area (Å²) in [5.74, 6) is 0. The lowest BCUT2D eigenvalue weighted by Gasteiger charge is -2.30. The average Bonchev–Trinajstić information content (AvgIpc) is 2.46. The van der Waals surface area contributed by atoms with Gasteiger partial charge in [0.15, 0.2) is 5.11 Å². The highest BCUT2D eigenvalue weighted by molar-refractivity contribution is 7.80. The molecule has 0 aromatic carbocycles. The summed E-state index contributed by atoms with van der Waals surface area (Å²) in [6, 6.07) is 0.0708. The summed E-state index contributed by atoms with van der Waals surface area (Å²) in [7, 11) is 0. The lowest BCUT2D eigenvalue weighted by Crippen LogP contribution is -2.48. The summed E-state index contributed by atoms with van der Waals surface area (Å²) >= 11 is 5.36. The average molecular weight is 265 g/mol. The van der Waals surface area contributed by atoms with Crippen LogP contribution in [0.1, 0.15) is 37.9 Å². The third-order valence-electron chi connectivity index (χ3n) is 3.07. The molecular weight excluding hydrogens is 246 g/mol. The first-order valence-electron chi connectivity index (χ1n) is 6.34.